The van der Waals surface area contributed by atoms with Crippen molar-refractivity contribution in [2.24, 2.45) is 0 Å². The van der Waals surface area contributed by atoms with Crippen molar-refractivity contribution in [3.05, 3.63) is 168 Å². The Kier molecular flexibility index (Phi) is 20.1. The van der Waals surface area contributed by atoms with Crippen LogP contribution in [-0.4, -0.2) is 143 Å². The Morgan fingerprint density at radius 3 is 1.18 bits per heavy atom. The fourth-order valence-electron chi connectivity index (χ4n) is 11.3. The molecule has 3 amide bonds. The third kappa shape index (κ3) is 16.9. The van der Waals surface area contributed by atoms with Gasteiger partial charge in [0.2, 0.25) is 0 Å². The number of carbonyl (C=O) groups excluding carboxylic acids is 4. The van der Waals surface area contributed by atoms with E-state index >= 15 is 0 Å². The van der Waals surface area contributed by atoms with E-state index in [0.717, 1.165) is 22.1 Å². The second-order valence-electron chi connectivity index (χ2n) is 27.2. The monoisotopic (exact) mass is 1300 g/mol. The molecule has 6 aromatic carbocycles. The lowest BCUT2D eigenvalue weighted by molar-refractivity contribution is -0.0704. The number of aromatic nitrogens is 3. The predicted octanol–water partition coefficient (Wildman–Crippen LogP) is 15.7. The number of benzene rings is 6. The van der Waals surface area contributed by atoms with Gasteiger partial charge in [-0.15, -0.1) is 0 Å². The van der Waals surface area contributed by atoms with Gasteiger partial charge in [-0.05, 0) is 198 Å². The van der Waals surface area contributed by atoms with Crippen LogP contribution in [-0.2, 0) is 23.7 Å². The van der Waals surface area contributed by atoms with Crippen molar-refractivity contribution in [3.8, 4) is 0 Å². The molecule has 3 N–H and O–H groups in total. The molecule has 3 aliphatic heterocycles. The van der Waals surface area contributed by atoms with Gasteiger partial charge in [-0.2, -0.15) is 0 Å². The summed E-state index contributed by atoms with van der Waals surface area (Å²) in [5.74, 6) is -2.30. The van der Waals surface area contributed by atoms with Crippen LogP contribution in [0.1, 0.15) is 95.2 Å². The van der Waals surface area contributed by atoms with Crippen molar-refractivity contribution in [1.82, 2.24) is 28.8 Å². The Morgan fingerprint density at radius 1 is 0.426 bits per heavy atom. The zero-order valence-electron chi connectivity index (χ0n) is 54.4. The summed E-state index contributed by atoms with van der Waals surface area (Å²) in [4.78, 5) is 56.3. The summed E-state index contributed by atoms with van der Waals surface area (Å²) < 4.78 is 112. The minimum atomic E-state index is -1.20. The summed E-state index contributed by atoms with van der Waals surface area (Å²) in [6.07, 6.45) is 2.38. The van der Waals surface area contributed by atoms with Crippen LogP contribution in [0.2, 0.25) is 0 Å². The van der Waals surface area contributed by atoms with E-state index in [0.29, 0.717) is 63.0 Å². The quantitative estimate of drug-likeness (QED) is 0.0660. The average molecular weight is 1310 g/mol. The molecule has 12 rings (SSSR count). The van der Waals surface area contributed by atoms with Gasteiger partial charge in [0.15, 0.2) is 0 Å². The largest absolute Gasteiger partial charge is 0.509 e. The normalized spacial score (nSPS) is 18.5. The highest BCUT2D eigenvalue weighted by molar-refractivity contribution is 6.10. The Hall–Kier alpha value is -9.22. The topological polar surface area (TPSA) is 190 Å². The number of hydrogen-bond donors (Lipinski definition) is 3. The lowest BCUT2D eigenvalue weighted by atomic mass is 9.99. The Bertz CT molecular complexity index is 4190. The van der Waals surface area contributed by atoms with Crippen molar-refractivity contribution in [3.63, 3.8) is 0 Å². The van der Waals surface area contributed by atoms with Gasteiger partial charge < -0.3 is 62.7 Å². The zero-order valence-corrected chi connectivity index (χ0v) is 54.4. The molecule has 0 radical (unpaired) electrons. The fraction of sp³-hybridized carbons (Fsp3) is 0.380. The molecule has 9 aromatic rings. The number of H-pyrrole nitrogens is 1. The maximum atomic E-state index is 13.9. The summed E-state index contributed by atoms with van der Waals surface area (Å²) in [6.45, 7) is 23.0. The van der Waals surface area contributed by atoms with Crippen molar-refractivity contribution < 1.29 is 79.4 Å². The summed E-state index contributed by atoms with van der Waals surface area (Å²) in [5.41, 5.74) is 1.91. The van der Waals surface area contributed by atoms with Gasteiger partial charge in [0.25, 0.3) is 0 Å². The van der Waals surface area contributed by atoms with Crippen molar-refractivity contribution in [2.75, 3.05) is 39.3 Å². The van der Waals surface area contributed by atoms with Gasteiger partial charge in [-0.1, -0.05) is 18.2 Å². The number of rotatable bonds is 3. The number of fused-ring (bicyclic) bond motifs is 9. The molecule has 5 atom stereocenters. The van der Waals surface area contributed by atoms with E-state index in [2.05, 4.69) is 4.98 Å². The highest BCUT2D eigenvalue weighted by Gasteiger charge is 2.41. The number of aliphatic hydroxyl groups is 2. The molecule has 17 nitrogen and oxygen atoms in total. The van der Waals surface area contributed by atoms with Crippen LogP contribution in [0.4, 0.5) is 45.5 Å². The van der Waals surface area contributed by atoms with Gasteiger partial charge in [0.1, 0.15) is 69.5 Å². The molecular weight excluding hydrogens is 1230 g/mol. The van der Waals surface area contributed by atoms with Crippen LogP contribution in [0, 0.1) is 34.9 Å². The van der Waals surface area contributed by atoms with Gasteiger partial charge in [0.05, 0.1) is 31.3 Å². The van der Waals surface area contributed by atoms with E-state index < -0.39 is 76.7 Å². The molecule has 6 heterocycles. The van der Waals surface area contributed by atoms with Gasteiger partial charge >= 0.3 is 24.4 Å². The standard InChI is InChI=1S/C22H24F2N2O4.C22H22F2N2O2.C15H25NO5.C12H7F2N/c1-22(2,3)30-21(29)25-10-18(20(28)19(27)11-25)26-16-6-4-12(23)8-14(16)15-9-13(24)5-7-17(15)26;1-22(2,3)28-21(27)25-10-4-5-16(13-25)26-19-8-6-14(23)11-17(19)18-12-15(24)7-9-20(18)26;1-14(2,3)20-12(17)16-9-7-8-11(10-16)19-13(18)21-15(4,5)6;13-7-1-3-11-9(5-7)10-6-8(14)2-4-12(10)15-11/h4-9,18-20,27-28H,10-11H2,1-3H3;4-9,11-12,16H,10,13H2,1-3H3;7-8,11H,9-10H2,1-6H3;1-6,15H/t18-,19-,20+;16-;;/m01../s1. The van der Waals surface area contributed by atoms with Crippen molar-refractivity contribution in [2.45, 2.75) is 136 Å². The van der Waals surface area contributed by atoms with E-state index in [1.54, 1.807) is 120 Å². The first-order valence-corrected chi connectivity index (χ1v) is 30.6. The molecule has 0 aliphatic carbocycles. The SMILES string of the molecule is CC(C)(C)OC(=O)N1CC=C[C@@H](n2c3ccc(F)cc3c3cc(F)ccc32)C1.CC(C)(C)OC(=O)N1C[C@H](O)[C@H](O)[C@@H](n2c3ccc(F)cc3c3cc(F)ccc32)C1.CC(C)(C)OC(=O)OC1C=CCN(C(=O)OC(C)(C)C)C1.Fc1ccc2[nH]c3ccc(F)cc3c2c1. The molecule has 3 aliphatic rings. The summed E-state index contributed by atoms with van der Waals surface area (Å²) in [5, 5.41) is 24.9. The molecule has 1 saturated heterocycles. The van der Waals surface area contributed by atoms with E-state index in [9.17, 15) is 55.7 Å². The molecule has 500 valence electrons. The number of amides is 3. The average Bonchev–Trinajstić information content (AvgIpc) is 1.59. The summed E-state index contributed by atoms with van der Waals surface area (Å²) in [7, 11) is 0. The third-order valence-electron chi connectivity index (χ3n) is 15.0. The lowest BCUT2D eigenvalue weighted by Gasteiger charge is -2.40. The number of likely N-dealkylation sites (tertiary alicyclic amines) is 1. The maximum Gasteiger partial charge on any atom is 0.509 e. The van der Waals surface area contributed by atoms with E-state index in [4.69, 9.17) is 23.7 Å². The molecule has 0 spiro atoms. The van der Waals surface area contributed by atoms with Crippen LogP contribution >= 0.6 is 0 Å². The van der Waals surface area contributed by atoms with E-state index in [1.165, 1.54) is 82.6 Å². The van der Waals surface area contributed by atoms with Gasteiger partial charge in [0, 0.05) is 91.6 Å². The fourth-order valence-corrected chi connectivity index (χ4v) is 11.3. The van der Waals surface area contributed by atoms with E-state index in [-0.39, 0.29) is 55.0 Å². The molecule has 23 heteroatoms. The summed E-state index contributed by atoms with van der Waals surface area (Å²) in [6, 6.07) is 25.3. The van der Waals surface area contributed by atoms with Gasteiger partial charge in [-0.3, -0.25) is 0 Å². The number of aliphatic hydroxyl groups excluding tert-OH is 2. The van der Waals surface area contributed by atoms with Crippen molar-refractivity contribution in [1.29, 1.82) is 0 Å². The molecule has 3 aromatic heterocycles. The maximum absolute atomic E-state index is 13.9. The first-order valence-electron chi connectivity index (χ1n) is 30.6. The highest BCUT2D eigenvalue weighted by atomic mass is 19.1. The first-order chi connectivity index (χ1) is 44.0. The summed E-state index contributed by atoms with van der Waals surface area (Å²) >= 11 is 0. The number of piperidine rings is 1. The lowest BCUT2D eigenvalue weighted by Crippen LogP contribution is -2.55. The molecule has 1 unspecified atom stereocenters. The molecule has 0 saturated carbocycles. The number of aromatic amines is 1. The number of carbonyl (C=O) groups is 4. The predicted molar refractivity (Wildman–Crippen MR) is 347 cm³/mol. The van der Waals surface area contributed by atoms with Crippen LogP contribution in [0.25, 0.3) is 65.4 Å². The smallest absolute Gasteiger partial charge is 0.444 e. The van der Waals surface area contributed by atoms with Crippen LogP contribution < -0.4 is 0 Å². The van der Waals surface area contributed by atoms with Gasteiger partial charge in [-0.25, -0.2) is 45.5 Å². The van der Waals surface area contributed by atoms with Crippen LogP contribution in [0.3, 0.4) is 0 Å². The number of hydrogen-bond acceptors (Lipinski definition) is 11. The second kappa shape index (κ2) is 27.4. The Morgan fingerprint density at radius 2 is 0.777 bits per heavy atom. The van der Waals surface area contributed by atoms with Crippen LogP contribution in [0.15, 0.2) is 133 Å². The second-order valence-corrected chi connectivity index (χ2v) is 27.2. The Labute approximate surface area is 539 Å². The molecule has 94 heavy (non-hydrogen) atoms. The number of nitrogens with one attached hydrogen (secondary N) is 1. The minimum Gasteiger partial charge on any atom is -0.444 e. The first kappa shape index (κ1) is 69.1. The van der Waals surface area contributed by atoms with Crippen LogP contribution in [0.5, 0.6) is 0 Å². The zero-order chi connectivity index (χ0) is 68.5. The number of halogens is 6. The minimum absolute atomic E-state index is 0.0702. The number of ether oxygens (including phenoxy) is 5. The van der Waals surface area contributed by atoms with E-state index in [1.807, 2.05) is 37.5 Å². The molecule has 0 bridgehead atoms. The third-order valence-corrected chi connectivity index (χ3v) is 15.0. The number of nitrogens with zero attached hydrogens (tertiary/aromatic N) is 5. The van der Waals surface area contributed by atoms with Crippen molar-refractivity contribution >= 4 is 89.9 Å². The Balaban J connectivity index is 0.000000152. The highest BCUT2D eigenvalue weighted by Crippen LogP contribution is 2.38. The number of β-amino-alcohol motifs (C(OH)–C–C–N with tert-alkyl or cyclic N) is 1. The molecule has 1 fully saturated rings. The molecular formula is C71H78F6N6O11.